The Morgan fingerprint density at radius 1 is 1.15 bits per heavy atom. The van der Waals surface area contributed by atoms with Crippen LogP contribution in [0.5, 0.6) is 5.75 Å². The van der Waals surface area contributed by atoms with E-state index in [1.54, 1.807) is 12.1 Å². The summed E-state index contributed by atoms with van der Waals surface area (Å²) in [5.41, 5.74) is 2.76. The molecule has 1 N–H and O–H groups in total. The number of carbonyl (C=O) groups is 1. The Morgan fingerprint density at radius 2 is 1.85 bits per heavy atom. The van der Waals surface area contributed by atoms with Gasteiger partial charge in [-0.25, -0.2) is 8.42 Å². The molecule has 144 valence electrons. The van der Waals surface area contributed by atoms with Crippen LogP contribution in [-0.4, -0.2) is 38.3 Å². The number of carbonyl (C=O) groups excluding carboxylic acids is 1. The van der Waals surface area contributed by atoms with Crippen LogP contribution in [-0.2, 0) is 14.8 Å². The van der Waals surface area contributed by atoms with Gasteiger partial charge in [-0.3, -0.25) is 4.79 Å². The van der Waals surface area contributed by atoms with Crippen molar-refractivity contribution in [1.82, 2.24) is 4.31 Å². The number of benzene rings is 2. The van der Waals surface area contributed by atoms with Gasteiger partial charge in [0, 0.05) is 12.2 Å². The number of anilines is 1. The molecular formula is C20H24N2O4S. The van der Waals surface area contributed by atoms with Crippen LogP contribution in [0.2, 0.25) is 0 Å². The van der Waals surface area contributed by atoms with E-state index in [2.05, 4.69) is 5.32 Å². The Hall–Kier alpha value is -2.38. The maximum atomic E-state index is 13.0. The van der Waals surface area contributed by atoms with Crippen LogP contribution in [0.15, 0.2) is 47.4 Å². The Bertz CT molecular complexity index is 939. The van der Waals surface area contributed by atoms with Crippen LogP contribution < -0.4 is 10.1 Å². The van der Waals surface area contributed by atoms with E-state index in [9.17, 15) is 13.2 Å². The molecule has 1 fully saturated rings. The summed E-state index contributed by atoms with van der Waals surface area (Å²) in [5.74, 6) is 0.288. The maximum Gasteiger partial charge on any atom is 0.243 e. The molecule has 3 rings (SSSR count). The van der Waals surface area contributed by atoms with Crippen LogP contribution in [0.25, 0.3) is 0 Å². The fraction of sp³-hybridized carbons (Fsp3) is 0.350. The summed E-state index contributed by atoms with van der Waals surface area (Å²) in [5, 5.41) is 2.89. The number of nitrogens with one attached hydrogen (secondary N) is 1. The van der Waals surface area contributed by atoms with Crippen molar-refractivity contribution in [3.05, 3.63) is 53.6 Å². The zero-order valence-electron chi connectivity index (χ0n) is 15.7. The molecule has 1 aliphatic heterocycles. The van der Waals surface area contributed by atoms with Gasteiger partial charge in [0.05, 0.1) is 12.0 Å². The topological polar surface area (TPSA) is 75.7 Å². The van der Waals surface area contributed by atoms with E-state index in [0.29, 0.717) is 30.8 Å². The normalized spacial score (nSPS) is 17.7. The minimum absolute atomic E-state index is 0.162. The van der Waals surface area contributed by atoms with Crippen molar-refractivity contribution in [2.24, 2.45) is 0 Å². The first-order valence-electron chi connectivity index (χ1n) is 8.87. The second-order valence-electron chi connectivity index (χ2n) is 6.76. The summed E-state index contributed by atoms with van der Waals surface area (Å²) in [7, 11) is -2.22. The smallest absolute Gasteiger partial charge is 0.243 e. The summed E-state index contributed by atoms with van der Waals surface area (Å²) >= 11 is 0. The van der Waals surface area contributed by atoms with Gasteiger partial charge in [0.25, 0.3) is 0 Å². The average molecular weight is 388 g/mol. The molecule has 0 spiro atoms. The number of nitrogens with zero attached hydrogens (tertiary/aromatic N) is 1. The van der Waals surface area contributed by atoms with Crippen LogP contribution in [0.4, 0.5) is 5.69 Å². The van der Waals surface area contributed by atoms with Crippen molar-refractivity contribution in [1.29, 1.82) is 0 Å². The zero-order chi connectivity index (χ0) is 19.6. The van der Waals surface area contributed by atoms with Gasteiger partial charge in [-0.1, -0.05) is 17.7 Å². The number of rotatable bonds is 5. The lowest BCUT2D eigenvalue weighted by atomic mass is 10.1. The highest BCUT2D eigenvalue weighted by Crippen LogP contribution is 2.28. The van der Waals surface area contributed by atoms with Crippen molar-refractivity contribution < 1.29 is 17.9 Å². The monoisotopic (exact) mass is 388 g/mol. The first-order valence-corrected chi connectivity index (χ1v) is 10.3. The third kappa shape index (κ3) is 3.99. The molecule has 0 unspecified atom stereocenters. The predicted octanol–water partition coefficient (Wildman–Crippen LogP) is 3.10. The van der Waals surface area contributed by atoms with E-state index in [4.69, 9.17) is 4.74 Å². The Labute approximate surface area is 160 Å². The van der Waals surface area contributed by atoms with Gasteiger partial charge < -0.3 is 10.1 Å². The predicted molar refractivity (Wildman–Crippen MR) is 104 cm³/mol. The summed E-state index contributed by atoms with van der Waals surface area (Å²) in [4.78, 5) is 13.0. The lowest BCUT2D eigenvalue weighted by molar-refractivity contribution is -0.119. The molecule has 0 aliphatic carbocycles. The van der Waals surface area contributed by atoms with Crippen molar-refractivity contribution in [3.63, 3.8) is 0 Å². The van der Waals surface area contributed by atoms with Crippen molar-refractivity contribution in [2.45, 2.75) is 37.6 Å². The third-order valence-corrected chi connectivity index (χ3v) is 6.73. The van der Waals surface area contributed by atoms with Gasteiger partial charge in [0.2, 0.25) is 15.9 Å². The first kappa shape index (κ1) is 19.4. The van der Waals surface area contributed by atoms with Gasteiger partial charge in [-0.2, -0.15) is 4.31 Å². The molecule has 2 aromatic rings. The number of hydrogen-bond acceptors (Lipinski definition) is 4. The summed E-state index contributed by atoms with van der Waals surface area (Å²) in [6.45, 7) is 4.24. The Balaban J connectivity index is 1.82. The lowest BCUT2D eigenvalue weighted by Gasteiger charge is -2.24. The van der Waals surface area contributed by atoms with E-state index >= 15 is 0 Å². The molecule has 0 radical (unpaired) electrons. The van der Waals surface area contributed by atoms with Gasteiger partial charge >= 0.3 is 0 Å². The van der Waals surface area contributed by atoms with Crippen LogP contribution >= 0.6 is 0 Å². The quantitative estimate of drug-likeness (QED) is 0.854. The number of sulfonamides is 1. The fourth-order valence-corrected chi connectivity index (χ4v) is 5.00. The van der Waals surface area contributed by atoms with Crippen molar-refractivity contribution >= 4 is 21.6 Å². The SMILES string of the molecule is COc1ccc(S(=O)(=O)N2CCC[C@@H]2C(=O)Nc2ccc(C)cc2C)cc1. The van der Waals surface area contributed by atoms with E-state index in [1.165, 1.54) is 23.5 Å². The largest absolute Gasteiger partial charge is 0.497 e. The van der Waals surface area contributed by atoms with Gasteiger partial charge in [-0.05, 0) is 62.6 Å². The van der Waals surface area contributed by atoms with E-state index in [1.807, 2.05) is 32.0 Å². The molecule has 1 heterocycles. The number of amides is 1. The highest BCUT2D eigenvalue weighted by Gasteiger charge is 2.39. The second kappa shape index (κ2) is 7.70. The number of methoxy groups -OCH3 is 1. The van der Waals surface area contributed by atoms with Gasteiger partial charge in [0.1, 0.15) is 11.8 Å². The highest BCUT2D eigenvalue weighted by atomic mass is 32.2. The summed E-state index contributed by atoms with van der Waals surface area (Å²) in [6.07, 6.45) is 1.16. The second-order valence-corrected chi connectivity index (χ2v) is 8.65. The molecule has 1 saturated heterocycles. The Morgan fingerprint density at radius 3 is 2.48 bits per heavy atom. The van der Waals surface area contributed by atoms with Crippen molar-refractivity contribution in [3.8, 4) is 5.75 Å². The molecule has 0 aromatic heterocycles. The standard InChI is InChI=1S/C20H24N2O4S/c1-14-6-11-18(15(2)13-14)21-20(23)19-5-4-12-22(19)27(24,25)17-9-7-16(26-3)8-10-17/h6-11,13,19H,4-5,12H2,1-3H3,(H,21,23)/t19-/m1/s1. The molecule has 7 heteroatoms. The van der Waals surface area contributed by atoms with Crippen LogP contribution in [0.1, 0.15) is 24.0 Å². The molecule has 2 aromatic carbocycles. The molecule has 0 saturated carbocycles. The molecule has 1 amide bonds. The molecule has 1 aliphatic rings. The van der Waals surface area contributed by atoms with E-state index in [-0.39, 0.29) is 10.8 Å². The van der Waals surface area contributed by atoms with Gasteiger partial charge in [0.15, 0.2) is 0 Å². The minimum atomic E-state index is -3.75. The lowest BCUT2D eigenvalue weighted by Crippen LogP contribution is -2.43. The average Bonchev–Trinajstić information content (AvgIpc) is 3.15. The summed E-state index contributed by atoms with van der Waals surface area (Å²) in [6, 6.07) is 11.3. The van der Waals surface area contributed by atoms with Crippen LogP contribution in [0.3, 0.4) is 0 Å². The minimum Gasteiger partial charge on any atom is -0.497 e. The number of hydrogen-bond donors (Lipinski definition) is 1. The maximum absolute atomic E-state index is 13.0. The summed E-state index contributed by atoms with van der Waals surface area (Å²) < 4.78 is 32.4. The highest BCUT2D eigenvalue weighted by molar-refractivity contribution is 7.89. The third-order valence-electron chi connectivity index (χ3n) is 4.81. The van der Waals surface area contributed by atoms with Crippen molar-refractivity contribution in [2.75, 3.05) is 19.0 Å². The molecular weight excluding hydrogens is 364 g/mol. The zero-order valence-corrected chi connectivity index (χ0v) is 16.5. The number of aryl methyl sites for hydroxylation is 2. The van der Waals surface area contributed by atoms with Crippen LogP contribution in [0, 0.1) is 13.8 Å². The molecule has 0 bridgehead atoms. The molecule has 6 nitrogen and oxygen atoms in total. The fourth-order valence-electron chi connectivity index (χ4n) is 3.34. The van der Waals surface area contributed by atoms with E-state index in [0.717, 1.165) is 11.1 Å². The number of ether oxygens (including phenoxy) is 1. The van der Waals surface area contributed by atoms with Gasteiger partial charge in [-0.15, -0.1) is 0 Å². The molecule has 27 heavy (non-hydrogen) atoms. The molecule has 1 atom stereocenters. The first-order chi connectivity index (χ1) is 12.8. The van der Waals surface area contributed by atoms with E-state index < -0.39 is 16.1 Å². The Kier molecular flexibility index (Phi) is 5.53.